The van der Waals surface area contributed by atoms with Crippen LogP contribution in [0.1, 0.15) is 31.0 Å². The predicted molar refractivity (Wildman–Crippen MR) is 87.4 cm³/mol. The maximum atomic E-state index is 13.1. The molecule has 4 nitrogen and oxygen atoms in total. The van der Waals surface area contributed by atoms with E-state index in [0.29, 0.717) is 18.7 Å². The summed E-state index contributed by atoms with van der Waals surface area (Å²) in [4.78, 5) is 18.8. The van der Waals surface area contributed by atoms with Crippen LogP contribution in [-0.2, 0) is 4.79 Å². The molecule has 2 heterocycles. The van der Waals surface area contributed by atoms with Gasteiger partial charge < -0.3 is 5.32 Å². The van der Waals surface area contributed by atoms with Gasteiger partial charge in [-0.25, -0.2) is 4.39 Å². The van der Waals surface area contributed by atoms with E-state index in [1.165, 1.54) is 12.1 Å². The molecule has 1 N–H and O–H groups in total. The molecule has 1 amide bonds. The molecule has 1 atom stereocenters. The molecule has 5 heteroatoms. The van der Waals surface area contributed by atoms with Gasteiger partial charge in [0.05, 0.1) is 11.7 Å². The zero-order valence-corrected chi connectivity index (χ0v) is 12.9. The van der Waals surface area contributed by atoms with Crippen LogP contribution in [0.2, 0.25) is 0 Å². The van der Waals surface area contributed by atoms with Gasteiger partial charge in [-0.1, -0.05) is 12.1 Å². The fourth-order valence-electron chi connectivity index (χ4n) is 3.04. The first-order valence-corrected chi connectivity index (χ1v) is 7.93. The van der Waals surface area contributed by atoms with Crippen molar-refractivity contribution in [2.75, 3.05) is 18.4 Å². The number of carbonyl (C=O) groups is 1. The van der Waals surface area contributed by atoms with Gasteiger partial charge in [-0.05, 0) is 49.7 Å². The van der Waals surface area contributed by atoms with Gasteiger partial charge in [0.15, 0.2) is 0 Å². The molecule has 0 aliphatic carbocycles. The van der Waals surface area contributed by atoms with Crippen molar-refractivity contribution in [3.05, 3.63) is 60.2 Å². The molecule has 0 bridgehead atoms. The molecule has 1 aliphatic heterocycles. The number of amides is 1. The van der Waals surface area contributed by atoms with E-state index in [1.807, 2.05) is 24.4 Å². The third kappa shape index (κ3) is 4.13. The van der Waals surface area contributed by atoms with E-state index in [4.69, 9.17) is 0 Å². The second kappa shape index (κ2) is 7.33. The molecule has 120 valence electrons. The number of aromatic nitrogens is 1. The summed E-state index contributed by atoms with van der Waals surface area (Å²) in [5.41, 5.74) is 1.56. The Kier molecular flexibility index (Phi) is 4.98. The Morgan fingerprint density at radius 1 is 1.30 bits per heavy atom. The Labute approximate surface area is 135 Å². The average Bonchev–Trinajstić information content (AvgIpc) is 3.02. The number of nitrogens with one attached hydrogen (secondary N) is 1. The minimum absolute atomic E-state index is 0.0951. The standard InChI is InChI=1S/C18H20FN3O/c19-14-5-3-6-15(13-14)21-18(23)9-12-22-11-4-8-17(22)16-7-1-2-10-20-16/h1-3,5-7,10,13,17H,4,8-9,11-12H2,(H,21,23)/t17-/m0/s1. The zero-order chi connectivity index (χ0) is 16.1. The van der Waals surface area contributed by atoms with Gasteiger partial charge in [0.2, 0.25) is 5.91 Å². The van der Waals surface area contributed by atoms with Crippen LogP contribution in [-0.4, -0.2) is 28.9 Å². The van der Waals surface area contributed by atoms with Gasteiger partial charge >= 0.3 is 0 Å². The zero-order valence-electron chi connectivity index (χ0n) is 12.9. The molecule has 2 aromatic rings. The maximum absolute atomic E-state index is 13.1. The van der Waals surface area contributed by atoms with Crippen LogP contribution >= 0.6 is 0 Å². The molecule has 0 spiro atoms. The van der Waals surface area contributed by atoms with Crippen molar-refractivity contribution in [2.45, 2.75) is 25.3 Å². The van der Waals surface area contributed by atoms with Crippen LogP contribution in [0.3, 0.4) is 0 Å². The summed E-state index contributed by atoms with van der Waals surface area (Å²) in [6.45, 7) is 1.66. The number of benzene rings is 1. The number of hydrogen-bond acceptors (Lipinski definition) is 3. The quantitative estimate of drug-likeness (QED) is 0.920. The number of pyridine rings is 1. The summed E-state index contributed by atoms with van der Waals surface area (Å²) in [6.07, 6.45) is 4.39. The second-order valence-electron chi connectivity index (χ2n) is 5.76. The largest absolute Gasteiger partial charge is 0.326 e. The highest BCUT2D eigenvalue weighted by atomic mass is 19.1. The van der Waals surface area contributed by atoms with Crippen molar-refractivity contribution in [2.24, 2.45) is 0 Å². The lowest BCUT2D eigenvalue weighted by Crippen LogP contribution is -2.28. The molecule has 1 saturated heterocycles. The van der Waals surface area contributed by atoms with Gasteiger partial charge in [-0.3, -0.25) is 14.7 Å². The predicted octanol–water partition coefficient (Wildman–Crippen LogP) is 3.39. The Bertz CT molecular complexity index is 662. The summed E-state index contributed by atoms with van der Waals surface area (Å²) in [6, 6.07) is 12.2. The van der Waals surface area contributed by atoms with Crippen molar-refractivity contribution in [3.63, 3.8) is 0 Å². The van der Waals surface area contributed by atoms with Crippen LogP contribution in [0.15, 0.2) is 48.7 Å². The molecule has 0 unspecified atom stereocenters. The Morgan fingerprint density at radius 3 is 3.00 bits per heavy atom. The fraction of sp³-hybridized carbons (Fsp3) is 0.333. The summed E-state index contributed by atoms with van der Waals surface area (Å²) < 4.78 is 13.1. The van der Waals surface area contributed by atoms with Gasteiger partial charge in [-0.2, -0.15) is 0 Å². The molecule has 23 heavy (non-hydrogen) atoms. The Morgan fingerprint density at radius 2 is 2.22 bits per heavy atom. The molecule has 1 aliphatic rings. The van der Waals surface area contributed by atoms with E-state index in [2.05, 4.69) is 15.2 Å². The van der Waals surface area contributed by atoms with E-state index >= 15 is 0 Å². The fourth-order valence-corrected chi connectivity index (χ4v) is 3.04. The monoisotopic (exact) mass is 313 g/mol. The number of likely N-dealkylation sites (tertiary alicyclic amines) is 1. The minimum Gasteiger partial charge on any atom is -0.326 e. The third-order valence-corrected chi connectivity index (χ3v) is 4.13. The van der Waals surface area contributed by atoms with Crippen molar-refractivity contribution in [3.8, 4) is 0 Å². The lowest BCUT2D eigenvalue weighted by atomic mass is 10.1. The Balaban J connectivity index is 1.54. The highest BCUT2D eigenvalue weighted by Gasteiger charge is 2.26. The smallest absolute Gasteiger partial charge is 0.225 e. The molecule has 3 rings (SSSR count). The van der Waals surface area contributed by atoms with Gasteiger partial charge in [-0.15, -0.1) is 0 Å². The first-order chi connectivity index (χ1) is 11.2. The molecular formula is C18H20FN3O. The number of anilines is 1. The first kappa shape index (κ1) is 15.6. The normalized spacial score (nSPS) is 18.0. The molecule has 1 aromatic carbocycles. The summed E-state index contributed by atoms with van der Waals surface area (Å²) in [5, 5.41) is 2.74. The van der Waals surface area contributed by atoms with E-state index in [-0.39, 0.29) is 17.8 Å². The van der Waals surface area contributed by atoms with Crippen LogP contribution < -0.4 is 5.32 Å². The van der Waals surface area contributed by atoms with Gasteiger partial charge in [0.1, 0.15) is 5.82 Å². The van der Waals surface area contributed by atoms with Crippen molar-refractivity contribution >= 4 is 11.6 Å². The van der Waals surface area contributed by atoms with Crippen LogP contribution in [0.5, 0.6) is 0 Å². The molecule has 1 fully saturated rings. The van der Waals surface area contributed by atoms with E-state index in [9.17, 15) is 9.18 Å². The van der Waals surface area contributed by atoms with Crippen LogP contribution in [0.25, 0.3) is 0 Å². The lowest BCUT2D eigenvalue weighted by molar-refractivity contribution is -0.116. The van der Waals surface area contributed by atoms with Crippen LogP contribution in [0.4, 0.5) is 10.1 Å². The molecular weight excluding hydrogens is 293 g/mol. The van der Waals surface area contributed by atoms with Crippen molar-refractivity contribution in [1.82, 2.24) is 9.88 Å². The number of carbonyl (C=O) groups excluding carboxylic acids is 1. The third-order valence-electron chi connectivity index (χ3n) is 4.13. The minimum atomic E-state index is -0.349. The summed E-state index contributed by atoms with van der Waals surface area (Å²) in [5.74, 6) is -0.445. The summed E-state index contributed by atoms with van der Waals surface area (Å²) in [7, 11) is 0. The van der Waals surface area contributed by atoms with Gasteiger partial charge in [0, 0.05) is 24.8 Å². The number of halogens is 1. The van der Waals surface area contributed by atoms with Crippen molar-refractivity contribution in [1.29, 1.82) is 0 Å². The Hall–Kier alpha value is -2.27. The first-order valence-electron chi connectivity index (χ1n) is 7.93. The molecule has 1 aromatic heterocycles. The average molecular weight is 313 g/mol. The van der Waals surface area contributed by atoms with E-state index in [1.54, 1.807) is 12.1 Å². The topological polar surface area (TPSA) is 45.2 Å². The van der Waals surface area contributed by atoms with Gasteiger partial charge in [0.25, 0.3) is 0 Å². The number of hydrogen-bond donors (Lipinski definition) is 1. The SMILES string of the molecule is O=C(CCN1CCC[C@H]1c1ccccn1)Nc1cccc(F)c1. The highest BCUT2D eigenvalue weighted by Crippen LogP contribution is 2.30. The number of rotatable bonds is 5. The van der Waals surface area contributed by atoms with Crippen LogP contribution in [0, 0.1) is 5.82 Å². The van der Waals surface area contributed by atoms with Crippen molar-refractivity contribution < 1.29 is 9.18 Å². The number of nitrogens with zero attached hydrogens (tertiary/aromatic N) is 2. The van der Waals surface area contributed by atoms with E-state index < -0.39 is 0 Å². The molecule has 0 saturated carbocycles. The maximum Gasteiger partial charge on any atom is 0.225 e. The second-order valence-corrected chi connectivity index (χ2v) is 5.76. The molecule has 0 radical (unpaired) electrons. The highest BCUT2D eigenvalue weighted by molar-refractivity contribution is 5.90. The van der Waals surface area contributed by atoms with E-state index in [0.717, 1.165) is 25.1 Å². The summed E-state index contributed by atoms with van der Waals surface area (Å²) >= 11 is 0. The lowest BCUT2D eigenvalue weighted by Gasteiger charge is -2.23.